The van der Waals surface area contributed by atoms with Crippen LogP contribution in [0.25, 0.3) is 0 Å². The van der Waals surface area contributed by atoms with Gasteiger partial charge >= 0.3 is 0 Å². The number of likely N-dealkylation sites (tertiary alicyclic amines) is 1. The summed E-state index contributed by atoms with van der Waals surface area (Å²) < 4.78 is 0. The van der Waals surface area contributed by atoms with Crippen LogP contribution in [0.5, 0.6) is 0 Å². The van der Waals surface area contributed by atoms with Crippen LogP contribution in [0.1, 0.15) is 113 Å². The lowest BCUT2D eigenvalue weighted by Gasteiger charge is -2.37. The van der Waals surface area contributed by atoms with E-state index in [-0.39, 0.29) is 46.4 Å². The first-order chi connectivity index (χ1) is 22.5. The average molecular weight is 659 g/mol. The Morgan fingerprint density at radius 2 is 1.67 bits per heavy atom. The SMILES string of the molecule is C=C(N)C(=C)C(C)CC1CCC1.C=C(NC(C(=O)N1C[C@H]2[C@@H](C1C(C)=O)C2(C)C)C1CC2=C(C=CCC=C2)C1)NC(CCC)C(C)(C)C. The molecule has 266 valence electrons. The second-order valence-corrected chi connectivity index (χ2v) is 17.2. The summed E-state index contributed by atoms with van der Waals surface area (Å²) >= 11 is 0. The Balaban J connectivity index is 0.000000365. The Morgan fingerprint density at radius 1 is 1.06 bits per heavy atom. The molecule has 6 nitrogen and oxygen atoms in total. The molecule has 0 bridgehead atoms. The van der Waals surface area contributed by atoms with Gasteiger partial charge in [-0.1, -0.05) is 118 Å². The van der Waals surface area contributed by atoms with Crippen LogP contribution >= 0.6 is 0 Å². The van der Waals surface area contributed by atoms with Gasteiger partial charge in [-0.05, 0) is 96.2 Å². The fourth-order valence-corrected chi connectivity index (χ4v) is 8.66. The summed E-state index contributed by atoms with van der Waals surface area (Å²) in [7, 11) is 0. The highest BCUT2D eigenvalue weighted by Crippen LogP contribution is 2.65. The van der Waals surface area contributed by atoms with Gasteiger partial charge in [0, 0.05) is 18.3 Å². The lowest BCUT2D eigenvalue weighted by molar-refractivity contribution is -0.141. The number of nitrogens with two attached hydrogens (primary N) is 1. The maximum absolute atomic E-state index is 14.2. The lowest BCUT2D eigenvalue weighted by atomic mass is 9.77. The van der Waals surface area contributed by atoms with E-state index in [4.69, 9.17) is 5.73 Å². The van der Waals surface area contributed by atoms with Gasteiger partial charge < -0.3 is 21.3 Å². The molecule has 5 rings (SSSR count). The number of fused-ring (bicyclic) bond motifs is 1. The zero-order chi connectivity index (χ0) is 35.6. The molecule has 5 aliphatic rings. The van der Waals surface area contributed by atoms with Crippen molar-refractivity contribution in [2.45, 2.75) is 131 Å². The second kappa shape index (κ2) is 15.3. The van der Waals surface area contributed by atoms with Crippen LogP contribution in [0.15, 0.2) is 72.3 Å². The predicted molar refractivity (Wildman–Crippen MR) is 201 cm³/mol. The molecule has 6 heteroatoms. The van der Waals surface area contributed by atoms with Gasteiger partial charge in [0.2, 0.25) is 5.91 Å². The Hall–Kier alpha value is -3.02. The van der Waals surface area contributed by atoms with Crippen molar-refractivity contribution < 1.29 is 9.59 Å². The molecule has 4 unspecified atom stereocenters. The van der Waals surface area contributed by atoms with Gasteiger partial charge in [0.15, 0.2) is 5.78 Å². The van der Waals surface area contributed by atoms with Gasteiger partial charge in [-0.2, -0.15) is 0 Å². The number of ketones is 1. The van der Waals surface area contributed by atoms with Gasteiger partial charge in [0.05, 0.1) is 11.9 Å². The van der Waals surface area contributed by atoms with Crippen LogP contribution in [0, 0.1) is 40.4 Å². The van der Waals surface area contributed by atoms with Crippen molar-refractivity contribution in [3.8, 4) is 0 Å². The highest BCUT2D eigenvalue weighted by atomic mass is 16.2. The van der Waals surface area contributed by atoms with E-state index in [2.05, 4.69) is 103 Å². The Bertz CT molecular complexity index is 1320. The fraction of sp³-hybridized carbons (Fsp3) is 0.667. The zero-order valence-electron chi connectivity index (χ0n) is 31.5. The number of piperidine rings is 1. The third-order valence-electron chi connectivity index (χ3n) is 12.2. The number of nitrogens with one attached hydrogen (secondary N) is 2. The summed E-state index contributed by atoms with van der Waals surface area (Å²) in [6, 6.07) is -0.464. The number of carbonyl (C=O) groups is 2. The van der Waals surface area contributed by atoms with Crippen LogP contribution in [0.4, 0.5) is 0 Å². The van der Waals surface area contributed by atoms with Crippen LogP contribution in [0.3, 0.4) is 0 Å². The smallest absolute Gasteiger partial charge is 0.246 e. The van der Waals surface area contributed by atoms with E-state index in [0.717, 1.165) is 43.6 Å². The Morgan fingerprint density at radius 3 is 2.15 bits per heavy atom. The molecule has 1 aliphatic heterocycles. The van der Waals surface area contributed by atoms with Gasteiger partial charge in [-0.25, -0.2) is 0 Å². The first kappa shape index (κ1) is 37.8. The van der Waals surface area contributed by atoms with Crippen molar-refractivity contribution in [1.82, 2.24) is 15.5 Å². The van der Waals surface area contributed by atoms with Crippen LogP contribution in [0.2, 0.25) is 0 Å². The normalized spacial score (nSPS) is 26.2. The maximum Gasteiger partial charge on any atom is 0.246 e. The monoisotopic (exact) mass is 659 g/mol. The Labute approximate surface area is 292 Å². The third-order valence-corrected chi connectivity index (χ3v) is 12.2. The largest absolute Gasteiger partial charge is 0.399 e. The molecule has 1 amide bonds. The van der Waals surface area contributed by atoms with Gasteiger partial charge in [0.25, 0.3) is 0 Å². The predicted octanol–water partition coefficient (Wildman–Crippen LogP) is 8.36. The summed E-state index contributed by atoms with van der Waals surface area (Å²) in [5.74, 6) is 3.14. The quantitative estimate of drug-likeness (QED) is 0.173. The molecular formula is C42H66N4O2. The summed E-state index contributed by atoms with van der Waals surface area (Å²) in [4.78, 5) is 28.9. The van der Waals surface area contributed by atoms with Crippen molar-refractivity contribution in [2.75, 3.05) is 6.54 Å². The molecule has 3 fully saturated rings. The zero-order valence-corrected chi connectivity index (χ0v) is 31.5. The number of rotatable bonds is 13. The molecule has 1 heterocycles. The minimum atomic E-state index is -0.413. The molecule has 48 heavy (non-hydrogen) atoms. The molecule has 4 aliphatic carbocycles. The van der Waals surface area contributed by atoms with E-state index in [9.17, 15) is 9.59 Å². The number of carbonyl (C=O) groups excluding carboxylic acids is 2. The molecule has 6 atom stereocenters. The molecule has 1 saturated heterocycles. The van der Waals surface area contributed by atoms with Crippen molar-refractivity contribution >= 4 is 11.7 Å². The standard InChI is InChI=1S/C31H47N3O2.C11H19N/c1-9-13-25(30(4,5)6)32-20(3)33-27(23-16-21-14-11-10-12-15-22(21)17-23)29(36)34-18-24-26(31(24,7)8)28(34)19(2)35;1-8(9(2)10(3)12)7-11-5-4-6-11/h11-12,14-15,23-28,32-33H,3,9-10,13,16-18H2,1-2,4-8H3;8,11H,2-7,12H2,1H3/t24-,25?,26-,27?,28?;/m0./s1. The van der Waals surface area contributed by atoms with Crippen LogP contribution < -0.4 is 16.4 Å². The first-order valence-corrected chi connectivity index (χ1v) is 18.7. The molecule has 0 spiro atoms. The van der Waals surface area contributed by atoms with E-state index in [1.54, 1.807) is 6.92 Å². The highest BCUT2D eigenvalue weighted by Gasteiger charge is 2.69. The number of hydrogen-bond donors (Lipinski definition) is 3. The van der Waals surface area contributed by atoms with E-state index in [0.29, 0.717) is 29.9 Å². The molecular weight excluding hydrogens is 592 g/mol. The maximum atomic E-state index is 14.2. The number of Topliss-reactive ketones (excluding diaryl/α,β-unsaturated/α-hetero) is 1. The molecule has 0 aromatic carbocycles. The van der Waals surface area contributed by atoms with Gasteiger partial charge in [0.1, 0.15) is 6.04 Å². The number of hydrogen-bond acceptors (Lipinski definition) is 5. The Kier molecular flexibility index (Phi) is 12.0. The molecule has 4 N–H and O–H groups in total. The topological polar surface area (TPSA) is 87.5 Å². The average Bonchev–Trinajstić information content (AvgIpc) is 3.26. The molecule has 2 saturated carbocycles. The summed E-state index contributed by atoms with van der Waals surface area (Å²) in [5.41, 5.74) is 10.1. The number of allylic oxidation sites excluding steroid dienone is 7. The van der Waals surface area contributed by atoms with Crippen LogP contribution in [-0.4, -0.2) is 41.3 Å². The van der Waals surface area contributed by atoms with Crippen molar-refractivity contribution in [3.63, 3.8) is 0 Å². The van der Waals surface area contributed by atoms with Gasteiger partial charge in [-0.15, -0.1) is 0 Å². The van der Waals surface area contributed by atoms with Crippen molar-refractivity contribution in [2.24, 2.45) is 46.2 Å². The lowest BCUT2D eigenvalue weighted by Crippen LogP contribution is -2.56. The fourth-order valence-electron chi connectivity index (χ4n) is 8.66. The number of amides is 1. The summed E-state index contributed by atoms with van der Waals surface area (Å²) in [6.07, 6.45) is 19.1. The molecule has 0 aromatic heterocycles. The first-order valence-electron chi connectivity index (χ1n) is 18.7. The molecule has 0 aromatic rings. The minimum absolute atomic E-state index is 0.0552. The van der Waals surface area contributed by atoms with E-state index < -0.39 is 6.04 Å². The number of nitrogens with zero attached hydrogens (tertiary/aromatic N) is 1. The van der Waals surface area contributed by atoms with Crippen molar-refractivity contribution in [3.05, 3.63) is 72.3 Å². The second-order valence-electron chi connectivity index (χ2n) is 17.2. The summed E-state index contributed by atoms with van der Waals surface area (Å²) in [6.45, 7) is 29.9. The van der Waals surface area contributed by atoms with E-state index >= 15 is 0 Å². The van der Waals surface area contributed by atoms with Crippen LogP contribution in [-0.2, 0) is 9.59 Å². The minimum Gasteiger partial charge on any atom is -0.399 e. The van der Waals surface area contributed by atoms with E-state index in [1.165, 1.54) is 36.8 Å². The highest BCUT2D eigenvalue weighted by molar-refractivity contribution is 5.92. The van der Waals surface area contributed by atoms with Gasteiger partial charge in [-0.3, -0.25) is 9.59 Å². The summed E-state index contributed by atoms with van der Waals surface area (Å²) in [5, 5.41) is 7.16. The molecule has 0 radical (unpaired) electrons. The van der Waals surface area contributed by atoms with Crippen molar-refractivity contribution in [1.29, 1.82) is 0 Å². The third kappa shape index (κ3) is 8.58. The van der Waals surface area contributed by atoms with E-state index in [1.807, 2.05) is 4.90 Å².